The van der Waals surface area contributed by atoms with Gasteiger partial charge in [0.2, 0.25) is 0 Å². The van der Waals surface area contributed by atoms with E-state index in [9.17, 15) is 0 Å². The smallest absolute Gasteiger partial charge is 0.143 e. The molecule has 0 spiro atoms. The van der Waals surface area contributed by atoms with Crippen LogP contribution in [0.25, 0.3) is 22.2 Å². The van der Waals surface area contributed by atoms with Crippen molar-refractivity contribution in [1.82, 2.24) is 15.0 Å². The molecule has 0 bridgehead atoms. The number of morpholine rings is 1. The predicted molar refractivity (Wildman–Crippen MR) is 88.9 cm³/mol. The fraction of sp³-hybridized carbons (Fsp3) is 0.294. The molecule has 6 heteroatoms. The maximum absolute atomic E-state index is 5.45. The molecule has 4 rings (SSSR count). The average Bonchev–Trinajstić information content (AvgIpc) is 3.07. The Balaban J connectivity index is 1.83. The number of nitrogens with one attached hydrogen (secondary N) is 1. The summed E-state index contributed by atoms with van der Waals surface area (Å²) in [6.07, 6.45) is 3.60. The molecule has 3 aromatic rings. The third-order valence-electron chi connectivity index (χ3n) is 4.16. The van der Waals surface area contributed by atoms with Gasteiger partial charge in [0.15, 0.2) is 0 Å². The minimum atomic E-state index is 0.730. The summed E-state index contributed by atoms with van der Waals surface area (Å²) in [6.45, 7) is 3.15. The topological polar surface area (TPSA) is 63.3 Å². The van der Waals surface area contributed by atoms with E-state index in [1.165, 1.54) is 0 Å². The second-order valence-corrected chi connectivity index (χ2v) is 5.45. The summed E-state index contributed by atoms with van der Waals surface area (Å²) in [5, 5.41) is 1.06. The van der Waals surface area contributed by atoms with Crippen molar-refractivity contribution in [2.45, 2.75) is 0 Å². The van der Waals surface area contributed by atoms with Gasteiger partial charge in [-0.2, -0.15) is 0 Å². The first kappa shape index (κ1) is 14.0. The van der Waals surface area contributed by atoms with Crippen LogP contribution in [0.3, 0.4) is 0 Å². The number of benzene rings is 1. The van der Waals surface area contributed by atoms with Crippen molar-refractivity contribution < 1.29 is 9.47 Å². The van der Waals surface area contributed by atoms with Gasteiger partial charge in [0.05, 0.1) is 25.7 Å². The van der Waals surface area contributed by atoms with E-state index < -0.39 is 0 Å². The third kappa shape index (κ3) is 2.51. The van der Waals surface area contributed by atoms with Gasteiger partial charge in [-0.15, -0.1) is 0 Å². The fourth-order valence-corrected chi connectivity index (χ4v) is 2.96. The van der Waals surface area contributed by atoms with Crippen molar-refractivity contribution in [1.29, 1.82) is 0 Å². The van der Waals surface area contributed by atoms with E-state index in [-0.39, 0.29) is 0 Å². The quantitative estimate of drug-likeness (QED) is 0.805. The molecule has 1 saturated heterocycles. The highest BCUT2D eigenvalue weighted by Gasteiger charge is 2.19. The predicted octanol–water partition coefficient (Wildman–Crippen LogP) is 2.47. The lowest BCUT2D eigenvalue weighted by Crippen LogP contribution is -2.36. The number of hydrogen-bond donors (Lipinski definition) is 1. The van der Waals surface area contributed by atoms with Gasteiger partial charge in [-0.1, -0.05) is 12.1 Å². The molecule has 0 aliphatic carbocycles. The van der Waals surface area contributed by atoms with E-state index in [4.69, 9.17) is 9.47 Å². The molecule has 1 aliphatic heterocycles. The number of aromatic nitrogens is 3. The Bertz CT molecular complexity index is 807. The summed E-state index contributed by atoms with van der Waals surface area (Å²) >= 11 is 0. The Hall–Kier alpha value is -2.60. The molecule has 0 unspecified atom stereocenters. The van der Waals surface area contributed by atoms with Gasteiger partial charge in [0.1, 0.15) is 23.5 Å². The highest BCUT2D eigenvalue weighted by Crippen LogP contribution is 2.34. The third-order valence-corrected chi connectivity index (χ3v) is 4.16. The summed E-state index contributed by atoms with van der Waals surface area (Å²) in [5.41, 5.74) is 3.07. The molecule has 1 N–H and O–H groups in total. The summed E-state index contributed by atoms with van der Waals surface area (Å²) in [4.78, 5) is 14.4. The Morgan fingerprint density at radius 2 is 1.91 bits per heavy atom. The summed E-state index contributed by atoms with van der Waals surface area (Å²) in [6, 6.07) is 8.04. The van der Waals surface area contributed by atoms with Gasteiger partial charge in [0, 0.05) is 24.8 Å². The van der Waals surface area contributed by atoms with Crippen LogP contribution < -0.4 is 9.64 Å². The van der Waals surface area contributed by atoms with Crippen LogP contribution in [-0.2, 0) is 4.74 Å². The lowest BCUT2D eigenvalue weighted by molar-refractivity contribution is 0.122. The molecule has 0 radical (unpaired) electrons. The Morgan fingerprint density at radius 3 is 2.65 bits per heavy atom. The van der Waals surface area contributed by atoms with E-state index in [1.807, 2.05) is 18.3 Å². The van der Waals surface area contributed by atoms with E-state index in [2.05, 4.69) is 32.0 Å². The van der Waals surface area contributed by atoms with Crippen molar-refractivity contribution in [3.63, 3.8) is 0 Å². The zero-order valence-corrected chi connectivity index (χ0v) is 13.0. The number of anilines is 1. The highest BCUT2D eigenvalue weighted by atomic mass is 16.5. The molecule has 1 aliphatic rings. The van der Waals surface area contributed by atoms with Crippen LogP contribution in [0.4, 0.5) is 5.82 Å². The molecule has 0 atom stereocenters. The SMILES string of the molecule is COc1ccc(-c2c[nH]c3ncnc(N4CCOCC4)c23)cc1. The molecule has 23 heavy (non-hydrogen) atoms. The first-order chi connectivity index (χ1) is 11.4. The van der Waals surface area contributed by atoms with Crippen LogP contribution in [0.2, 0.25) is 0 Å². The lowest BCUT2D eigenvalue weighted by Gasteiger charge is -2.28. The number of methoxy groups -OCH3 is 1. The highest BCUT2D eigenvalue weighted by molar-refractivity contribution is 6.01. The van der Waals surface area contributed by atoms with Gasteiger partial charge in [-0.05, 0) is 17.7 Å². The Kier molecular flexibility index (Phi) is 3.59. The molecular formula is C17H18N4O2. The molecule has 0 amide bonds. The van der Waals surface area contributed by atoms with Crippen LogP contribution in [0.5, 0.6) is 5.75 Å². The lowest BCUT2D eigenvalue weighted by atomic mass is 10.1. The van der Waals surface area contributed by atoms with Crippen LogP contribution in [0.15, 0.2) is 36.8 Å². The number of rotatable bonds is 3. The van der Waals surface area contributed by atoms with Crippen molar-refractivity contribution in [3.8, 4) is 16.9 Å². The van der Waals surface area contributed by atoms with Crippen LogP contribution in [0.1, 0.15) is 0 Å². The molecule has 118 valence electrons. The second kappa shape index (κ2) is 5.89. The maximum atomic E-state index is 5.45. The van der Waals surface area contributed by atoms with Gasteiger partial charge in [0.25, 0.3) is 0 Å². The Morgan fingerprint density at radius 1 is 1.13 bits per heavy atom. The zero-order chi connectivity index (χ0) is 15.6. The molecule has 1 fully saturated rings. The van der Waals surface area contributed by atoms with Crippen molar-refractivity contribution >= 4 is 16.9 Å². The molecule has 1 aromatic carbocycles. The minimum absolute atomic E-state index is 0.730. The van der Waals surface area contributed by atoms with E-state index in [1.54, 1.807) is 13.4 Å². The minimum Gasteiger partial charge on any atom is -0.497 e. The summed E-state index contributed by atoms with van der Waals surface area (Å²) < 4.78 is 10.7. The number of H-pyrrole nitrogens is 1. The molecular weight excluding hydrogens is 292 g/mol. The molecule has 3 heterocycles. The summed E-state index contributed by atoms with van der Waals surface area (Å²) in [5.74, 6) is 1.81. The van der Waals surface area contributed by atoms with Crippen LogP contribution >= 0.6 is 0 Å². The van der Waals surface area contributed by atoms with Gasteiger partial charge < -0.3 is 19.4 Å². The normalized spacial score (nSPS) is 15.1. The van der Waals surface area contributed by atoms with Gasteiger partial charge in [-0.3, -0.25) is 0 Å². The second-order valence-electron chi connectivity index (χ2n) is 5.45. The number of ether oxygens (including phenoxy) is 2. The van der Waals surface area contributed by atoms with Crippen LogP contribution in [-0.4, -0.2) is 48.4 Å². The average molecular weight is 310 g/mol. The number of fused-ring (bicyclic) bond motifs is 1. The van der Waals surface area contributed by atoms with Crippen molar-refractivity contribution in [3.05, 3.63) is 36.8 Å². The molecule has 6 nitrogen and oxygen atoms in total. The van der Waals surface area contributed by atoms with Crippen molar-refractivity contribution in [2.24, 2.45) is 0 Å². The zero-order valence-electron chi connectivity index (χ0n) is 13.0. The molecule has 2 aromatic heterocycles. The Labute approximate surface area is 134 Å². The van der Waals surface area contributed by atoms with Crippen molar-refractivity contribution in [2.75, 3.05) is 38.3 Å². The monoisotopic (exact) mass is 310 g/mol. The van der Waals surface area contributed by atoms with Gasteiger partial charge in [-0.25, -0.2) is 9.97 Å². The van der Waals surface area contributed by atoms with Crippen LogP contribution in [0, 0.1) is 0 Å². The first-order valence-corrected chi connectivity index (χ1v) is 7.66. The first-order valence-electron chi connectivity index (χ1n) is 7.66. The van der Waals surface area contributed by atoms with Gasteiger partial charge >= 0.3 is 0 Å². The summed E-state index contributed by atoms with van der Waals surface area (Å²) in [7, 11) is 1.67. The standard InChI is InChI=1S/C17H18N4O2/c1-22-13-4-2-12(3-5-13)14-10-18-16-15(14)17(20-11-19-16)21-6-8-23-9-7-21/h2-5,10-11H,6-9H2,1H3,(H,18,19,20). The molecule has 0 saturated carbocycles. The number of aromatic amines is 1. The fourth-order valence-electron chi connectivity index (χ4n) is 2.96. The number of nitrogens with zero attached hydrogens (tertiary/aromatic N) is 3. The number of hydrogen-bond acceptors (Lipinski definition) is 5. The largest absolute Gasteiger partial charge is 0.497 e. The maximum Gasteiger partial charge on any atom is 0.143 e. The van der Waals surface area contributed by atoms with E-state index >= 15 is 0 Å². The van der Waals surface area contributed by atoms with E-state index in [0.717, 1.165) is 60.0 Å². The van der Waals surface area contributed by atoms with E-state index in [0.29, 0.717) is 0 Å².